The summed E-state index contributed by atoms with van der Waals surface area (Å²) in [6.07, 6.45) is 0.673. The number of hydrogen-bond acceptors (Lipinski definition) is 3. The number of hydrogen-bond donors (Lipinski definition) is 1. The van der Waals surface area contributed by atoms with E-state index in [2.05, 4.69) is 4.90 Å². The van der Waals surface area contributed by atoms with Crippen molar-refractivity contribution in [3.8, 4) is 0 Å². The van der Waals surface area contributed by atoms with Crippen LogP contribution < -0.4 is 10.6 Å². The van der Waals surface area contributed by atoms with Gasteiger partial charge in [-0.05, 0) is 54.8 Å². The lowest BCUT2D eigenvalue weighted by Gasteiger charge is -2.24. The molecule has 1 saturated heterocycles. The van der Waals surface area contributed by atoms with Gasteiger partial charge in [0.25, 0.3) is 0 Å². The van der Waals surface area contributed by atoms with Gasteiger partial charge in [-0.25, -0.2) is 4.39 Å². The summed E-state index contributed by atoms with van der Waals surface area (Å²) in [4.78, 5) is 28.4. The lowest BCUT2D eigenvalue weighted by Crippen LogP contribution is -2.45. The third-order valence-electron chi connectivity index (χ3n) is 5.54. The van der Waals surface area contributed by atoms with Gasteiger partial charge < -0.3 is 10.6 Å². The Kier molecular flexibility index (Phi) is 4.23. The fourth-order valence-electron chi connectivity index (χ4n) is 4.49. The smallest absolute Gasteiger partial charge is 0.239 e. The molecule has 0 radical (unpaired) electrons. The van der Waals surface area contributed by atoms with E-state index in [1.54, 1.807) is 6.07 Å². The minimum Gasteiger partial charge on any atom is -0.368 e. The third-order valence-corrected chi connectivity index (χ3v) is 5.54. The number of primary amides is 1. The first-order valence-corrected chi connectivity index (χ1v) is 9.07. The Hall–Kier alpha value is -2.73. The molecule has 2 aliphatic rings. The van der Waals surface area contributed by atoms with Gasteiger partial charge in [0.15, 0.2) is 0 Å². The Morgan fingerprint density at radius 3 is 2.78 bits per heavy atom. The van der Waals surface area contributed by atoms with E-state index < -0.39 is 11.3 Å². The van der Waals surface area contributed by atoms with E-state index in [1.165, 1.54) is 11.0 Å². The highest BCUT2D eigenvalue weighted by Crippen LogP contribution is 2.47. The number of fused-ring (bicyclic) bond motifs is 2. The average Bonchev–Trinajstić information content (AvgIpc) is 3.11. The zero-order valence-electron chi connectivity index (χ0n) is 15.2. The summed E-state index contributed by atoms with van der Waals surface area (Å²) >= 11 is 0. The van der Waals surface area contributed by atoms with Crippen molar-refractivity contribution < 1.29 is 14.0 Å². The Labute approximate surface area is 157 Å². The van der Waals surface area contributed by atoms with Gasteiger partial charge in [0.1, 0.15) is 12.4 Å². The number of aryl methyl sites for hydroxylation is 1. The molecule has 0 aromatic heterocycles. The van der Waals surface area contributed by atoms with Gasteiger partial charge in [0, 0.05) is 18.8 Å². The molecule has 2 aromatic carbocycles. The lowest BCUT2D eigenvalue weighted by molar-refractivity contribution is -0.125. The van der Waals surface area contributed by atoms with Crippen LogP contribution in [0, 0.1) is 12.7 Å². The standard InChI is InChI=1S/C21H22FN3O2/c1-14-8-15(10-16(22)9-14)11-24-7-6-21(13-24)17-4-2-3-5-18(17)25(20(21)27)12-19(23)26/h2-5,8-10H,6-7,11-13H2,1H3,(H2,23,26). The van der Waals surface area contributed by atoms with Gasteiger partial charge in [-0.3, -0.25) is 14.5 Å². The predicted octanol–water partition coefficient (Wildman–Crippen LogP) is 2.11. The molecule has 27 heavy (non-hydrogen) atoms. The third kappa shape index (κ3) is 3.00. The van der Waals surface area contributed by atoms with Crippen LogP contribution in [0.3, 0.4) is 0 Å². The number of nitrogens with two attached hydrogens (primary N) is 1. The summed E-state index contributed by atoms with van der Waals surface area (Å²) in [5, 5.41) is 0. The second-order valence-electron chi connectivity index (χ2n) is 7.55. The van der Waals surface area contributed by atoms with Gasteiger partial charge in [-0.1, -0.05) is 24.3 Å². The lowest BCUT2D eigenvalue weighted by atomic mass is 9.81. The van der Waals surface area contributed by atoms with Crippen molar-refractivity contribution in [1.82, 2.24) is 4.90 Å². The summed E-state index contributed by atoms with van der Waals surface area (Å²) in [7, 11) is 0. The van der Waals surface area contributed by atoms with Crippen molar-refractivity contribution >= 4 is 17.5 Å². The number of nitrogens with zero attached hydrogens (tertiary/aromatic N) is 2. The second-order valence-corrected chi connectivity index (χ2v) is 7.55. The fourth-order valence-corrected chi connectivity index (χ4v) is 4.49. The van der Waals surface area contributed by atoms with E-state index in [4.69, 9.17) is 5.73 Å². The summed E-state index contributed by atoms with van der Waals surface area (Å²) in [5.74, 6) is -0.838. The van der Waals surface area contributed by atoms with Crippen LogP contribution >= 0.6 is 0 Å². The molecule has 4 rings (SSSR count). The molecule has 1 atom stereocenters. The first kappa shape index (κ1) is 17.7. The molecule has 6 heteroatoms. The van der Waals surface area contributed by atoms with E-state index in [-0.39, 0.29) is 18.3 Å². The molecule has 2 N–H and O–H groups in total. The topological polar surface area (TPSA) is 66.6 Å². The first-order chi connectivity index (χ1) is 12.9. The summed E-state index contributed by atoms with van der Waals surface area (Å²) in [5.41, 5.74) is 8.20. The molecule has 5 nitrogen and oxygen atoms in total. The molecule has 140 valence electrons. The largest absolute Gasteiger partial charge is 0.368 e. The highest BCUT2D eigenvalue weighted by molar-refractivity contribution is 6.11. The zero-order valence-corrected chi connectivity index (χ0v) is 15.2. The Morgan fingerprint density at radius 1 is 1.26 bits per heavy atom. The number of para-hydroxylation sites is 1. The molecule has 0 bridgehead atoms. The maximum Gasteiger partial charge on any atom is 0.239 e. The number of amides is 2. The van der Waals surface area contributed by atoms with Crippen LogP contribution in [0.1, 0.15) is 23.1 Å². The number of anilines is 1. The van der Waals surface area contributed by atoms with Gasteiger partial charge in [0.05, 0.1) is 5.41 Å². The van der Waals surface area contributed by atoms with Gasteiger partial charge >= 0.3 is 0 Å². The molecule has 2 aliphatic heterocycles. The summed E-state index contributed by atoms with van der Waals surface area (Å²) in [6.45, 7) is 3.64. The minimum atomic E-state index is -0.658. The van der Waals surface area contributed by atoms with Crippen LogP contribution in [0.15, 0.2) is 42.5 Å². The van der Waals surface area contributed by atoms with E-state index in [1.807, 2.05) is 37.3 Å². The van der Waals surface area contributed by atoms with Crippen LogP contribution in [-0.4, -0.2) is 36.3 Å². The average molecular weight is 367 g/mol. The highest BCUT2D eigenvalue weighted by atomic mass is 19.1. The molecule has 0 saturated carbocycles. The van der Waals surface area contributed by atoms with Crippen LogP contribution in [-0.2, 0) is 21.5 Å². The van der Waals surface area contributed by atoms with Crippen molar-refractivity contribution in [3.05, 3.63) is 65.0 Å². The summed E-state index contributed by atoms with van der Waals surface area (Å²) < 4.78 is 13.7. The quantitative estimate of drug-likeness (QED) is 0.900. The number of halogens is 1. The fraction of sp³-hybridized carbons (Fsp3) is 0.333. The van der Waals surface area contributed by atoms with Crippen LogP contribution in [0.2, 0.25) is 0 Å². The molecule has 2 aromatic rings. The Bertz CT molecular complexity index is 909. The Morgan fingerprint density at radius 2 is 2.04 bits per heavy atom. The van der Waals surface area contributed by atoms with Crippen molar-refractivity contribution in [2.45, 2.75) is 25.3 Å². The van der Waals surface area contributed by atoms with Gasteiger partial charge in [-0.15, -0.1) is 0 Å². The number of rotatable bonds is 4. The van der Waals surface area contributed by atoms with E-state index in [0.717, 1.165) is 28.9 Å². The number of carbonyl (C=O) groups is 2. The van der Waals surface area contributed by atoms with Crippen LogP contribution in [0.25, 0.3) is 0 Å². The molecule has 1 fully saturated rings. The first-order valence-electron chi connectivity index (χ1n) is 9.07. The molecule has 2 amide bonds. The predicted molar refractivity (Wildman–Crippen MR) is 101 cm³/mol. The normalized spacial score (nSPS) is 21.9. The molecule has 2 heterocycles. The Balaban J connectivity index is 1.62. The van der Waals surface area contributed by atoms with Crippen molar-refractivity contribution in [2.24, 2.45) is 5.73 Å². The van der Waals surface area contributed by atoms with Crippen molar-refractivity contribution in [3.63, 3.8) is 0 Å². The van der Waals surface area contributed by atoms with Gasteiger partial charge in [-0.2, -0.15) is 0 Å². The monoisotopic (exact) mass is 367 g/mol. The van der Waals surface area contributed by atoms with Crippen LogP contribution in [0.4, 0.5) is 10.1 Å². The molecule has 1 unspecified atom stereocenters. The number of benzene rings is 2. The highest BCUT2D eigenvalue weighted by Gasteiger charge is 2.54. The second kappa shape index (κ2) is 6.46. The van der Waals surface area contributed by atoms with Crippen LogP contribution in [0.5, 0.6) is 0 Å². The maximum absolute atomic E-state index is 13.7. The van der Waals surface area contributed by atoms with Crippen molar-refractivity contribution in [2.75, 3.05) is 24.5 Å². The summed E-state index contributed by atoms with van der Waals surface area (Å²) in [6, 6.07) is 12.6. The number of carbonyl (C=O) groups excluding carboxylic acids is 2. The van der Waals surface area contributed by atoms with E-state index >= 15 is 0 Å². The minimum absolute atomic E-state index is 0.0691. The zero-order chi connectivity index (χ0) is 19.2. The molecule has 0 aliphatic carbocycles. The van der Waals surface area contributed by atoms with E-state index in [0.29, 0.717) is 19.5 Å². The van der Waals surface area contributed by atoms with Gasteiger partial charge in [0.2, 0.25) is 11.8 Å². The van der Waals surface area contributed by atoms with E-state index in [9.17, 15) is 14.0 Å². The molecule has 1 spiro atoms. The molecular weight excluding hydrogens is 345 g/mol. The number of likely N-dealkylation sites (tertiary alicyclic amines) is 1. The SMILES string of the molecule is Cc1cc(F)cc(CN2CCC3(C2)C(=O)N(CC(N)=O)c2ccccc23)c1. The maximum atomic E-state index is 13.7. The molecular formula is C21H22FN3O2. The van der Waals surface area contributed by atoms with Crippen molar-refractivity contribution in [1.29, 1.82) is 0 Å².